The van der Waals surface area contributed by atoms with Crippen molar-refractivity contribution in [1.82, 2.24) is 16.0 Å². The van der Waals surface area contributed by atoms with Gasteiger partial charge in [-0.2, -0.15) is 0 Å². The predicted octanol–water partition coefficient (Wildman–Crippen LogP) is -1.83. The third-order valence-electron chi connectivity index (χ3n) is 6.98. The third kappa shape index (κ3) is 4.31. The van der Waals surface area contributed by atoms with Gasteiger partial charge >= 0.3 is 0 Å². The quantitative estimate of drug-likeness (QED) is 0.253. The first kappa shape index (κ1) is 24.9. The number of aliphatic hydroxyl groups excluding tert-OH is 2. The number of hydrogen-bond acceptors (Lipinski definition) is 10. The lowest BCUT2D eigenvalue weighted by molar-refractivity contribution is -0.482. The Morgan fingerprint density at radius 1 is 1.06 bits per heavy atom. The number of halogens is 1. The van der Waals surface area contributed by atoms with Crippen LogP contribution in [0.15, 0.2) is 24.3 Å². The molecule has 1 saturated carbocycles. The van der Waals surface area contributed by atoms with Gasteiger partial charge in [0.1, 0.15) is 29.7 Å². The largest absolute Gasteiger partial charge is 0.390 e. The molecule has 2 saturated heterocycles. The van der Waals surface area contributed by atoms with Crippen LogP contribution in [-0.4, -0.2) is 101 Å². The van der Waals surface area contributed by atoms with Crippen molar-refractivity contribution in [2.24, 2.45) is 0 Å². The number of rotatable bonds is 6. The van der Waals surface area contributed by atoms with Crippen LogP contribution in [0.5, 0.6) is 0 Å². The van der Waals surface area contributed by atoms with Crippen molar-refractivity contribution in [1.29, 1.82) is 0 Å². The molecule has 1 aromatic carbocycles. The van der Waals surface area contributed by atoms with Gasteiger partial charge in [-0.1, -0.05) is 12.1 Å². The monoisotopic (exact) mass is 471 g/mol. The number of hydrogen-bond donors (Lipinski definition) is 7. The molecule has 4 rings (SSSR count). The van der Waals surface area contributed by atoms with Crippen LogP contribution >= 0.6 is 0 Å². The Labute approximate surface area is 192 Å². The van der Waals surface area contributed by atoms with E-state index in [4.69, 9.17) is 14.2 Å². The van der Waals surface area contributed by atoms with Crippen molar-refractivity contribution in [2.75, 3.05) is 20.6 Å². The van der Waals surface area contributed by atoms with Crippen LogP contribution in [0.3, 0.4) is 0 Å². The zero-order chi connectivity index (χ0) is 24.0. The Bertz CT molecular complexity index is 837. The van der Waals surface area contributed by atoms with Gasteiger partial charge in [-0.25, -0.2) is 4.39 Å². The molecular formula is C22H34FN3O7. The molecule has 11 heteroatoms. The lowest BCUT2D eigenvalue weighted by Crippen LogP contribution is -2.81. The Morgan fingerprint density at radius 2 is 1.79 bits per heavy atom. The minimum atomic E-state index is -2.28. The molecule has 186 valence electrons. The van der Waals surface area contributed by atoms with Crippen molar-refractivity contribution in [3.05, 3.63) is 35.6 Å². The van der Waals surface area contributed by atoms with E-state index in [1.807, 2.05) is 0 Å². The fourth-order valence-corrected chi connectivity index (χ4v) is 5.29. The number of fused-ring (bicyclic) bond motifs is 2. The van der Waals surface area contributed by atoms with Crippen LogP contribution in [0.4, 0.5) is 4.39 Å². The molecule has 1 aliphatic carbocycles. The van der Waals surface area contributed by atoms with Gasteiger partial charge in [0.2, 0.25) is 12.1 Å². The first-order chi connectivity index (χ1) is 15.6. The summed E-state index contributed by atoms with van der Waals surface area (Å²) in [5.41, 5.74) is -1.16. The molecule has 7 N–H and O–H groups in total. The molecular weight excluding hydrogens is 437 g/mol. The number of ether oxygens (including phenoxy) is 3. The predicted molar refractivity (Wildman–Crippen MR) is 114 cm³/mol. The van der Waals surface area contributed by atoms with E-state index in [1.165, 1.54) is 12.1 Å². The SMILES string of the molecule is CN[C@@H]1[C@H](O)[C@H](NC)[C@H]2O[C@]3(O)[C@H](O[C@@H]2[C@H]1O)O[C@H](C)C[C@@]3(O)CNCc1cccc(F)c1. The molecule has 10 nitrogen and oxygen atoms in total. The summed E-state index contributed by atoms with van der Waals surface area (Å²) in [5, 5.41) is 53.6. The van der Waals surface area contributed by atoms with Crippen molar-refractivity contribution >= 4 is 0 Å². The van der Waals surface area contributed by atoms with E-state index in [0.29, 0.717) is 5.56 Å². The maximum absolute atomic E-state index is 13.5. The van der Waals surface area contributed by atoms with E-state index in [1.54, 1.807) is 33.2 Å². The smallest absolute Gasteiger partial charge is 0.249 e. The van der Waals surface area contributed by atoms with Crippen LogP contribution in [0.25, 0.3) is 0 Å². The molecule has 0 amide bonds. The molecule has 0 radical (unpaired) electrons. The Balaban J connectivity index is 1.57. The maximum atomic E-state index is 13.5. The first-order valence-electron chi connectivity index (χ1n) is 11.2. The topological polar surface area (TPSA) is 145 Å². The van der Waals surface area contributed by atoms with Crippen LogP contribution in [-0.2, 0) is 20.8 Å². The van der Waals surface area contributed by atoms with Crippen molar-refractivity contribution in [3.8, 4) is 0 Å². The molecule has 2 heterocycles. The summed E-state index contributed by atoms with van der Waals surface area (Å²) >= 11 is 0. The highest BCUT2D eigenvalue weighted by atomic mass is 19.1. The zero-order valence-electron chi connectivity index (χ0n) is 18.9. The second kappa shape index (κ2) is 9.42. The van der Waals surface area contributed by atoms with Gasteiger partial charge in [0.15, 0.2) is 0 Å². The highest BCUT2D eigenvalue weighted by molar-refractivity contribution is 5.17. The van der Waals surface area contributed by atoms with E-state index in [0.717, 1.165) is 0 Å². The highest BCUT2D eigenvalue weighted by Crippen LogP contribution is 2.46. The molecule has 3 fully saturated rings. The fourth-order valence-electron chi connectivity index (χ4n) is 5.29. The summed E-state index contributed by atoms with van der Waals surface area (Å²) in [5.74, 6) is -2.65. The van der Waals surface area contributed by atoms with Crippen LogP contribution in [0.2, 0.25) is 0 Å². The average Bonchev–Trinajstić information content (AvgIpc) is 2.75. The van der Waals surface area contributed by atoms with Gasteiger partial charge in [-0.3, -0.25) is 0 Å². The summed E-state index contributed by atoms with van der Waals surface area (Å²) in [7, 11) is 3.24. The Hall–Kier alpha value is -1.25. The summed E-state index contributed by atoms with van der Waals surface area (Å²) in [6.45, 7) is 1.89. The second-order valence-corrected chi connectivity index (χ2v) is 9.24. The summed E-state index contributed by atoms with van der Waals surface area (Å²) in [6, 6.07) is 4.66. The minimum absolute atomic E-state index is 0.0331. The molecule has 0 unspecified atom stereocenters. The molecule has 1 aromatic rings. The normalized spacial score (nSPS) is 45.3. The van der Waals surface area contributed by atoms with E-state index < -0.39 is 60.3 Å². The second-order valence-electron chi connectivity index (χ2n) is 9.24. The van der Waals surface area contributed by atoms with E-state index >= 15 is 0 Å². The summed E-state index contributed by atoms with van der Waals surface area (Å²) in [4.78, 5) is 0. The molecule has 33 heavy (non-hydrogen) atoms. The van der Waals surface area contributed by atoms with Gasteiger partial charge < -0.3 is 50.6 Å². The molecule has 10 atom stereocenters. The first-order valence-corrected chi connectivity index (χ1v) is 11.2. The summed E-state index contributed by atoms with van der Waals surface area (Å²) in [6.07, 6.45) is -5.93. The van der Waals surface area contributed by atoms with Crippen molar-refractivity contribution < 1.29 is 39.0 Å². The molecule has 0 aromatic heterocycles. The van der Waals surface area contributed by atoms with E-state index in [9.17, 15) is 24.8 Å². The van der Waals surface area contributed by atoms with Crippen molar-refractivity contribution in [3.63, 3.8) is 0 Å². The third-order valence-corrected chi connectivity index (χ3v) is 6.98. The van der Waals surface area contributed by atoms with Gasteiger partial charge in [0, 0.05) is 19.5 Å². The lowest BCUT2D eigenvalue weighted by atomic mass is 9.77. The molecule has 0 bridgehead atoms. The van der Waals surface area contributed by atoms with Crippen LogP contribution in [0, 0.1) is 5.82 Å². The number of aliphatic hydroxyl groups is 4. The minimum Gasteiger partial charge on any atom is -0.390 e. The van der Waals surface area contributed by atoms with E-state index in [-0.39, 0.29) is 25.3 Å². The lowest BCUT2D eigenvalue weighted by Gasteiger charge is -2.60. The molecule has 2 aliphatic heterocycles. The molecule has 0 spiro atoms. The summed E-state index contributed by atoms with van der Waals surface area (Å²) < 4.78 is 31.3. The number of likely N-dealkylation sites (N-methyl/N-ethyl adjacent to an activating group) is 2. The van der Waals surface area contributed by atoms with Crippen LogP contribution in [0.1, 0.15) is 18.9 Å². The van der Waals surface area contributed by atoms with Crippen LogP contribution < -0.4 is 16.0 Å². The van der Waals surface area contributed by atoms with Crippen molar-refractivity contribution in [2.45, 2.75) is 80.2 Å². The standard InChI is InChI=1S/C22H34FN3O7/c1-11-8-21(29,10-26-9-12-5-4-6-13(23)7-12)22(30)20(31-11)32-19-17(28)14(24-2)16(27)15(25-3)18(19)33-22/h4-7,11,14-20,24-30H,8-10H2,1-3H3/t11-,14-,15+,16+,17+,18-,19-,20+,21-,22-/m1/s1. The number of benzene rings is 1. The molecule has 3 aliphatic rings. The average molecular weight is 472 g/mol. The van der Waals surface area contributed by atoms with Gasteiger partial charge in [0.05, 0.1) is 24.3 Å². The number of nitrogens with one attached hydrogen (secondary N) is 3. The van der Waals surface area contributed by atoms with Gasteiger partial charge in [0.25, 0.3) is 0 Å². The maximum Gasteiger partial charge on any atom is 0.249 e. The van der Waals surface area contributed by atoms with Gasteiger partial charge in [-0.15, -0.1) is 0 Å². The Morgan fingerprint density at radius 3 is 2.45 bits per heavy atom. The van der Waals surface area contributed by atoms with Gasteiger partial charge in [-0.05, 0) is 38.7 Å². The zero-order valence-corrected chi connectivity index (χ0v) is 18.9. The fraction of sp³-hybridized carbons (Fsp3) is 0.727. The highest BCUT2D eigenvalue weighted by Gasteiger charge is 2.68. The Kier molecular flexibility index (Phi) is 7.10. The van der Waals surface area contributed by atoms with E-state index in [2.05, 4.69) is 16.0 Å².